The minimum absolute atomic E-state index is 0.697. The zero-order chi connectivity index (χ0) is 14.8. The summed E-state index contributed by atoms with van der Waals surface area (Å²) in [7, 11) is 1.71. The maximum absolute atomic E-state index is 5.69. The van der Waals surface area contributed by atoms with E-state index in [0.717, 1.165) is 38.2 Å². The summed E-state index contributed by atoms with van der Waals surface area (Å²) in [6, 6.07) is 4.07. The van der Waals surface area contributed by atoms with Gasteiger partial charge >= 0.3 is 0 Å². The fraction of sp³-hybridized carbons (Fsp3) is 0.500. The Labute approximate surface area is 125 Å². The molecule has 0 aliphatic rings. The molecule has 2 aromatic rings. The molecule has 114 valence electrons. The van der Waals surface area contributed by atoms with Gasteiger partial charge in [0.15, 0.2) is 0 Å². The summed E-state index contributed by atoms with van der Waals surface area (Å²) in [5.74, 6) is 1.05. The molecule has 2 heterocycles. The molecule has 0 radical (unpaired) electrons. The molecule has 0 spiro atoms. The number of hydrogen-bond donors (Lipinski definition) is 0. The summed E-state index contributed by atoms with van der Waals surface area (Å²) in [5, 5.41) is 0. The van der Waals surface area contributed by atoms with Crippen LogP contribution in [0.15, 0.2) is 36.9 Å². The number of aryl methyl sites for hydroxylation is 1. The van der Waals surface area contributed by atoms with Gasteiger partial charge in [-0.1, -0.05) is 6.07 Å². The zero-order valence-electron chi connectivity index (χ0n) is 12.6. The molecule has 0 aliphatic heterocycles. The molecule has 0 fully saturated rings. The van der Waals surface area contributed by atoms with Gasteiger partial charge in [0.05, 0.1) is 13.2 Å². The fourth-order valence-electron chi connectivity index (χ4n) is 2.15. The summed E-state index contributed by atoms with van der Waals surface area (Å²) in [4.78, 5) is 8.44. The molecular formula is C16H23N3O2. The first-order valence-corrected chi connectivity index (χ1v) is 7.35. The third-order valence-corrected chi connectivity index (χ3v) is 3.28. The van der Waals surface area contributed by atoms with E-state index in [0.29, 0.717) is 13.2 Å². The van der Waals surface area contributed by atoms with Crippen LogP contribution < -0.4 is 0 Å². The Balaban J connectivity index is 1.58. The zero-order valence-corrected chi connectivity index (χ0v) is 12.6. The number of pyridine rings is 1. The molecule has 0 bridgehead atoms. The maximum Gasteiger partial charge on any atom is 0.111 e. The molecule has 0 N–H and O–H groups in total. The van der Waals surface area contributed by atoms with Crippen molar-refractivity contribution in [1.29, 1.82) is 0 Å². The first kappa shape index (κ1) is 15.7. The summed E-state index contributed by atoms with van der Waals surface area (Å²) in [5.41, 5.74) is 1.26. The largest absolute Gasteiger partial charge is 0.384 e. The minimum Gasteiger partial charge on any atom is -0.384 e. The lowest BCUT2D eigenvalue weighted by Gasteiger charge is -2.08. The van der Waals surface area contributed by atoms with E-state index in [1.165, 1.54) is 5.56 Å². The number of rotatable bonds is 10. The Bertz CT molecular complexity index is 499. The molecule has 0 amide bonds. The van der Waals surface area contributed by atoms with E-state index in [4.69, 9.17) is 9.47 Å². The lowest BCUT2D eigenvalue weighted by molar-refractivity contribution is 0.123. The van der Waals surface area contributed by atoms with Crippen molar-refractivity contribution in [1.82, 2.24) is 14.5 Å². The normalized spacial score (nSPS) is 10.9. The Morgan fingerprint density at radius 1 is 1.14 bits per heavy atom. The average Bonchev–Trinajstić information content (AvgIpc) is 2.97. The second-order valence-corrected chi connectivity index (χ2v) is 4.86. The molecule has 0 aromatic carbocycles. The van der Waals surface area contributed by atoms with Gasteiger partial charge in [0.25, 0.3) is 0 Å². The monoisotopic (exact) mass is 289 g/mol. The average molecular weight is 289 g/mol. The standard InChI is InChI=1S/C16H23N3O2/c1-20-12-6-16-18-8-9-19(16)10-13-21-11-3-5-15-4-2-7-17-14-15/h2,4,7-9,14H,3,5-6,10-13H2,1H3. The molecule has 2 aromatic heterocycles. The second kappa shape index (κ2) is 9.26. The van der Waals surface area contributed by atoms with Gasteiger partial charge in [-0.2, -0.15) is 0 Å². The molecule has 0 aliphatic carbocycles. The lowest BCUT2D eigenvalue weighted by atomic mass is 10.2. The highest BCUT2D eigenvalue weighted by atomic mass is 16.5. The van der Waals surface area contributed by atoms with Crippen molar-refractivity contribution in [3.05, 3.63) is 48.3 Å². The Morgan fingerprint density at radius 3 is 2.90 bits per heavy atom. The van der Waals surface area contributed by atoms with Crippen molar-refractivity contribution in [3.8, 4) is 0 Å². The van der Waals surface area contributed by atoms with Crippen LogP contribution in [-0.4, -0.2) is 41.5 Å². The van der Waals surface area contributed by atoms with Gasteiger partial charge in [0.1, 0.15) is 5.82 Å². The van der Waals surface area contributed by atoms with Crippen LogP contribution in [0.25, 0.3) is 0 Å². The highest BCUT2D eigenvalue weighted by molar-refractivity contribution is 5.08. The molecule has 0 saturated carbocycles. The summed E-state index contributed by atoms with van der Waals surface area (Å²) in [6.45, 7) is 3.02. The van der Waals surface area contributed by atoms with Gasteiger partial charge < -0.3 is 14.0 Å². The van der Waals surface area contributed by atoms with Crippen LogP contribution in [0, 0.1) is 0 Å². The van der Waals surface area contributed by atoms with Crippen molar-refractivity contribution in [2.45, 2.75) is 25.8 Å². The van der Waals surface area contributed by atoms with Gasteiger partial charge in [0.2, 0.25) is 0 Å². The van der Waals surface area contributed by atoms with Crippen molar-refractivity contribution in [2.24, 2.45) is 0 Å². The molecule has 0 saturated heterocycles. The van der Waals surface area contributed by atoms with Crippen LogP contribution in [-0.2, 0) is 28.9 Å². The van der Waals surface area contributed by atoms with E-state index in [9.17, 15) is 0 Å². The SMILES string of the molecule is COCCc1nccn1CCOCCCc1cccnc1. The minimum atomic E-state index is 0.697. The molecular weight excluding hydrogens is 266 g/mol. The predicted molar refractivity (Wildman–Crippen MR) is 81.2 cm³/mol. The molecule has 21 heavy (non-hydrogen) atoms. The Morgan fingerprint density at radius 2 is 2.10 bits per heavy atom. The maximum atomic E-state index is 5.69. The van der Waals surface area contributed by atoms with Crippen molar-refractivity contribution in [2.75, 3.05) is 26.9 Å². The van der Waals surface area contributed by atoms with Crippen LogP contribution >= 0.6 is 0 Å². The molecule has 5 nitrogen and oxygen atoms in total. The van der Waals surface area contributed by atoms with Crippen LogP contribution in [0.1, 0.15) is 17.8 Å². The number of imidazole rings is 1. The summed E-state index contributed by atoms with van der Waals surface area (Å²) in [6.07, 6.45) is 10.4. The van der Waals surface area contributed by atoms with E-state index in [-0.39, 0.29) is 0 Å². The Kier molecular flexibility index (Phi) is 6.91. The van der Waals surface area contributed by atoms with E-state index in [2.05, 4.69) is 20.6 Å². The van der Waals surface area contributed by atoms with E-state index < -0.39 is 0 Å². The molecule has 5 heteroatoms. The van der Waals surface area contributed by atoms with Crippen molar-refractivity contribution < 1.29 is 9.47 Å². The van der Waals surface area contributed by atoms with Crippen molar-refractivity contribution in [3.63, 3.8) is 0 Å². The second-order valence-electron chi connectivity index (χ2n) is 4.86. The van der Waals surface area contributed by atoms with Crippen LogP contribution in [0.4, 0.5) is 0 Å². The van der Waals surface area contributed by atoms with Gasteiger partial charge in [-0.25, -0.2) is 4.98 Å². The highest BCUT2D eigenvalue weighted by Gasteiger charge is 2.02. The fourth-order valence-corrected chi connectivity index (χ4v) is 2.15. The topological polar surface area (TPSA) is 49.2 Å². The summed E-state index contributed by atoms with van der Waals surface area (Å²) < 4.78 is 12.9. The lowest BCUT2D eigenvalue weighted by Crippen LogP contribution is -2.11. The molecule has 2 rings (SSSR count). The van der Waals surface area contributed by atoms with Crippen molar-refractivity contribution >= 4 is 0 Å². The van der Waals surface area contributed by atoms with Gasteiger partial charge in [-0.3, -0.25) is 4.98 Å². The van der Waals surface area contributed by atoms with E-state index in [1.807, 2.05) is 24.7 Å². The van der Waals surface area contributed by atoms with Crippen LogP contribution in [0.3, 0.4) is 0 Å². The first-order chi connectivity index (χ1) is 10.4. The molecule has 0 atom stereocenters. The predicted octanol–water partition coefficient (Wildman–Crippen LogP) is 2.12. The van der Waals surface area contributed by atoms with E-state index in [1.54, 1.807) is 13.3 Å². The Hall–Kier alpha value is -1.72. The number of methoxy groups -OCH3 is 1. The van der Waals surface area contributed by atoms with Crippen LogP contribution in [0.5, 0.6) is 0 Å². The molecule has 0 unspecified atom stereocenters. The number of aromatic nitrogens is 3. The number of ether oxygens (including phenoxy) is 2. The number of nitrogens with zero attached hydrogens (tertiary/aromatic N) is 3. The quantitative estimate of drug-likeness (QED) is 0.629. The van der Waals surface area contributed by atoms with Gasteiger partial charge in [0, 0.05) is 51.5 Å². The van der Waals surface area contributed by atoms with Crippen LogP contribution in [0.2, 0.25) is 0 Å². The smallest absolute Gasteiger partial charge is 0.111 e. The first-order valence-electron chi connectivity index (χ1n) is 7.35. The third kappa shape index (κ3) is 5.65. The van der Waals surface area contributed by atoms with Gasteiger partial charge in [-0.05, 0) is 24.5 Å². The third-order valence-electron chi connectivity index (χ3n) is 3.28. The summed E-state index contributed by atoms with van der Waals surface area (Å²) >= 11 is 0. The van der Waals surface area contributed by atoms with Gasteiger partial charge in [-0.15, -0.1) is 0 Å². The van der Waals surface area contributed by atoms with E-state index >= 15 is 0 Å². The number of hydrogen-bond acceptors (Lipinski definition) is 4. The highest BCUT2D eigenvalue weighted by Crippen LogP contribution is 2.02.